The maximum Gasteiger partial charge on any atom is 0.326 e. The van der Waals surface area contributed by atoms with E-state index in [1.165, 1.54) is 6.07 Å². The third-order valence-electron chi connectivity index (χ3n) is 6.68. The number of imidazole rings is 1. The van der Waals surface area contributed by atoms with E-state index >= 15 is 0 Å². The first-order chi connectivity index (χ1) is 12.9. The van der Waals surface area contributed by atoms with Crippen molar-refractivity contribution < 1.29 is 13.5 Å². The number of rotatable bonds is 3. The van der Waals surface area contributed by atoms with Crippen LogP contribution in [0.1, 0.15) is 51.5 Å². The predicted molar refractivity (Wildman–Crippen MR) is 107 cm³/mol. The lowest BCUT2D eigenvalue weighted by atomic mass is 9.79. The minimum Gasteiger partial charge on any atom is -0.381 e. The number of aromatic nitrogens is 2. The van der Waals surface area contributed by atoms with Gasteiger partial charge in [0.15, 0.2) is 5.82 Å². The first-order valence-electron chi connectivity index (χ1n) is 9.78. The van der Waals surface area contributed by atoms with Gasteiger partial charge in [-0.3, -0.25) is 9.47 Å². The number of nitrogens with one attached hydrogen (secondary N) is 1. The molecule has 1 aromatic carbocycles. The molecule has 0 spiro atoms. The van der Waals surface area contributed by atoms with Crippen molar-refractivity contribution >= 4 is 23.4 Å². The number of methoxy groups -OCH3 is 1. The summed E-state index contributed by atoms with van der Waals surface area (Å²) < 4.78 is 34.7. The summed E-state index contributed by atoms with van der Waals surface area (Å²) in [7, 11) is 1.78. The molecule has 1 saturated heterocycles. The fourth-order valence-electron chi connectivity index (χ4n) is 4.94. The molecule has 1 N–H and O–H groups in total. The Morgan fingerprint density at radius 1 is 1.14 bits per heavy atom. The van der Waals surface area contributed by atoms with Crippen LogP contribution in [0.4, 0.5) is 8.78 Å². The lowest BCUT2D eigenvalue weighted by Gasteiger charge is -2.48. The normalized spacial score (nSPS) is 27.1. The number of likely N-dealkylation sites (tertiary alicyclic amines) is 1. The molecule has 2 aromatic rings. The topological polar surface area (TPSA) is 50.3 Å². The molecule has 2 aliphatic rings. The summed E-state index contributed by atoms with van der Waals surface area (Å²) in [5.41, 5.74) is 0.222. The highest BCUT2D eigenvalue weighted by Crippen LogP contribution is 2.37. The van der Waals surface area contributed by atoms with Gasteiger partial charge in [-0.15, -0.1) is 12.4 Å². The van der Waals surface area contributed by atoms with E-state index in [0.717, 1.165) is 57.7 Å². The van der Waals surface area contributed by atoms with Crippen LogP contribution in [0.2, 0.25) is 0 Å². The van der Waals surface area contributed by atoms with Crippen LogP contribution >= 0.6 is 12.4 Å². The van der Waals surface area contributed by atoms with E-state index < -0.39 is 11.6 Å². The molecule has 0 atom stereocenters. The molecule has 0 amide bonds. The summed E-state index contributed by atoms with van der Waals surface area (Å²) in [5, 5.41) is 0. The summed E-state index contributed by atoms with van der Waals surface area (Å²) in [6, 6.07) is 2.01. The van der Waals surface area contributed by atoms with E-state index in [1.807, 2.05) is 0 Å². The average Bonchev–Trinajstić information content (AvgIpc) is 2.99. The van der Waals surface area contributed by atoms with Gasteiger partial charge in [-0.2, -0.15) is 0 Å². The number of benzene rings is 1. The summed E-state index contributed by atoms with van der Waals surface area (Å²) in [5.74, 6) is -1.38. The summed E-state index contributed by atoms with van der Waals surface area (Å²) in [6.45, 7) is 4.09. The first-order valence-corrected chi connectivity index (χ1v) is 9.78. The molecule has 2 heterocycles. The quantitative estimate of drug-likeness (QED) is 0.823. The third kappa shape index (κ3) is 3.72. The number of H-pyrrole nitrogens is 1. The molecule has 28 heavy (non-hydrogen) atoms. The van der Waals surface area contributed by atoms with Gasteiger partial charge in [0.2, 0.25) is 0 Å². The van der Waals surface area contributed by atoms with Crippen LogP contribution in [0.25, 0.3) is 11.0 Å². The monoisotopic (exact) mass is 415 g/mol. The third-order valence-corrected chi connectivity index (χ3v) is 6.68. The molecule has 4 rings (SSSR count). The van der Waals surface area contributed by atoms with Gasteiger partial charge >= 0.3 is 5.69 Å². The van der Waals surface area contributed by atoms with E-state index in [-0.39, 0.29) is 35.2 Å². The van der Waals surface area contributed by atoms with E-state index in [2.05, 4.69) is 16.8 Å². The van der Waals surface area contributed by atoms with Crippen molar-refractivity contribution in [2.24, 2.45) is 0 Å². The second kappa shape index (κ2) is 8.13. The van der Waals surface area contributed by atoms with Crippen molar-refractivity contribution in [3.63, 3.8) is 0 Å². The molecular weight excluding hydrogens is 388 g/mol. The smallest absolute Gasteiger partial charge is 0.326 e. The maximum absolute atomic E-state index is 14.0. The minimum absolute atomic E-state index is 0. The number of hydrogen-bond acceptors (Lipinski definition) is 3. The van der Waals surface area contributed by atoms with Gasteiger partial charge in [-0.25, -0.2) is 13.6 Å². The van der Waals surface area contributed by atoms with Crippen LogP contribution in [0.3, 0.4) is 0 Å². The Balaban J connectivity index is 0.00000225. The van der Waals surface area contributed by atoms with Crippen LogP contribution in [0.5, 0.6) is 0 Å². The molecule has 1 saturated carbocycles. The van der Waals surface area contributed by atoms with Crippen LogP contribution in [0.15, 0.2) is 16.9 Å². The number of fused-ring (bicyclic) bond motifs is 1. The highest BCUT2D eigenvalue weighted by molar-refractivity contribution is 5.85. The van der Waals surface area contributed by atoms with E-state index in [0.29, 0.717) is 11.6 Å². The second-order valence-corrected chi connectivity index (χ2v) is 8.23. The highest BCUT2D eigenvalue weighted by atomic mass is 35.5. The maximum atomic E-state index is 14.0. The molecule has 5 nitrogen and oxygen atoms in total. The average molecular weight is 416 g/mol. The fraction of sp³-hybridized carbons (Fsp3) is 0.650. The molecule has 0 bridgehead atoms. The lowest BCUT2D eigenvalue weighted by molar-refractivity contribution is -0.0146. The molecular formula is C20H28ClF2N3O2. The SMILES string of the molecule is CO[C@H]1CC[C@](C)(N2CCC(n3c(=O)[nH]c4c(F)cc(F)cc43)CC2)CC1.Cl. The molecule has 0 unspecified atom stereocenters. The number of ether oxygens (including phenoxy) is 1. The van der Waals surface area contributed by atoms with Crippen molar-refractivity contribution in [1.29, 1.82) is 0 Å². The Bertz CT molecular complexity index is 881. The number of piperidine rings is 1. The van der Waals surface area contributed by atoms with Gasteiger partial charge in [0.05, 0.1) is 11.6 Å². The summed E-state index contributed by atoms with van der Waals surface area (Å²) in [4.78, 5) is 17.5. The predicted octanol–water partition coefficient (Wildman–Crippen LogP) is 4.01. The Morgan fingerprint density at radius 3 is 2.39 bits per heavy atom. The van der Waals surface area contributed by atoms with Crippen molar-refractivity contribution in [2.45, 2.75) is 63.1 Å². The summed E-state index contributed by atoms with van der Waals surface area (Å²) in [6.07, 6.45) is 6.34. The lowest BCUT2D eigenvalue weighted by Crippen LogP contribution is -2.52. The Hall–Kier alpha value is -1.44. The number of nitrogens with zero attached hydrogens (tertiary/aromatic N) is 2. The zero-order valence-electron chi connectivity index (χ0n) is 16.3. The van der Waals surface area contributed by atoms with Crippen LogP contribution < -0.4 is 5.69 Å². The zero-order chi connectivity index (χ0) is 19.2. The standard InChI is InChI=1S/C20H27F2N3O2.ClH/c1-20(7-3-15(27-2)4-8-20)24-9-5-14(6-10-24)25-17-12-13(21)11-16(22)18(17)23-19(25)26;/h11-12,14-15H,3-10H2,1-2H3,(H,23,26);1H/t15-,20-;. The zero-order valence-corrected chi connectivity index (χ0v) is 17.2. The molecule has 8 heteroatoms. The van der Waals surface area contributed by atoms with E-state index in [9.17, 15) is 13.6 Å². The minimum atomic E-state index is -0.722. The second-order valence-electron chi connectivity index (χ2n) is 8.23. The Labute approximate surface area is 169 Å². The highest BCUT2D eigenvalue weighted by Gasteiger charge is 2.38. The van der Waals surface area contributed by atoms with Gasteiger partial charge < -0.3 is 9.72 Å². The van der Waals surface area contributed by atoms with Gasteiger partial charge in [-0.1, -0.05) is 0 Å². The van der Waals surface area contributed by atoms with Crippen LogP contribution in [-0.2, 0) is 4.74 Å². The molecule has 0 radical (unpaired) electrons. The first kappa shape index (κ1) is 21.3. The molecule has 1 aliphatic carbocycles. The molecule has 1 aliphatic heterocycles. The molecule has 1 aromatic heterocycles. The number of aromatic amines is 1. The molecule has 156 valence electrons. The van der Waals surface area contributed by atoms with Gasteiger partial charge in [0.25, 0.3) is 0 Å². The van der Waals surface area contributed by atoms with Crippen molar-refractivity contribution in [1.82, 2.24) is 14.5 Å². The van der Waals surface area contributed by atoms with E-state index in [1.54, 1.807) is 11.7 Å². The fourth-order valence-corrected chi connectivity index (χ4v) is 4.94. The van der Waals surface area contributed by atoms with Gasteiger partial charge in [-0.05, 0) is 45.4 Å². The molecule has 2 fully saturated rings. The van der Waals surface area contributed by atoms with Crippen molar-refractivity contribution in [3.8, 4) is 0 Å². The van der Waals surface area contributed by atoms with Crippen molar-refractivity contribution in [3.05, 3.63) is 34.3 Å². The van der Waals surface area contributed by atoms with Crippen molar-refractivity contribution in [2.75, 3.05) is 20.2 Å². The largest absolute Gasteiger partial charge is 0.381 e. The van der Waals surface area contributed by atoms with Crippen LogP contribution in [-0.4, -0.2) is 46.3 Å². The van der Waals surface area contributed by atoms with Gasteiger partial charge in [0.1, 0.15) is 11.3 Å². The Kier molecular flexibility index (Phi) is 6.17. The number of hydrogen-bond donors (Lipinski definition) is 1. The van der Waals surface area contributed by atoms with Crippen LogP contribution in [0, 0.1) is 11.6 Å². The van der Waals surface area contributed by atoms with Gasteiger partial charge in [0, 0.05) is 43.9 Å². The van der Waals surface area contributed by atoms with E-state index in [4.69, 9.17) is 4.74 Å². The number of halogens is 3. The Morgan fingerprint density at radius 2 is 1.79 bits per heavy atom. The summed E-state index contributed by atoms with van der Waals surface area (Å²) >= 11 is 0.